The average Bonchev–Trinajstić information content (AvgIpc) is 2.54. The van der Waals surface area contributed by atoms with Gasteiger partial charge < -0.3 is 19.1 Å². The number of rotatable bonds is 5. The molecule has 1 aromatic rings. The summed E-state index contributed by atoms with van der Waals surface area (Å²) in [5.41, 5.74) is 1.70. The second-order valence-electron chi connectivity index (χ2n) is 4.90. The summed E-state index contributed by atoms with van der Waals surface area (Å²) in [5, 5.41) is 9.37. The molecule has 5 nitrogen and oxygen atoms in total. The van der Waals surface area contributed by atoms with E-state index < -0.39 is 0 Å². The third kappa shape index (κ3) is 4.15. The quantitative estimate of drug-likeness (QED) is 0.750. The molecule has 0 radical (unpaired) electrons. The number of halogens is 1. The van der Waals surface area contributed by atoms with Gasteiger partial charge in [-0.3, -0.25) is 0 Å². The van der Waals surface area contributed by atoms with Crippen LogP contribution in [0.1, 0.15) is 5.56 Å². The van der Waals surface area contributed by atoms with Crippen molar-refractivity contribution in [1.29, 1.82) is 5.26 Å². The molecule has 118 valence electrons. The fourth-order valence-electron chi connectivity index (χ4n) is 2.33. The predicted octanol–water partition coefficient (Wildman–Crippen LogP) is 2.75. The molecule has 0 unspecified atom stereocenters. The zero-order chi connectivity index (χ0) is 15.9. The lowest BCUT2D eigenvalue weighted by Crippen LogP contribution is -2.32. The molecule has 0 atom stereocenters. The van der Waals surface area contributed by atoms with E-state index >= 15 is 0 Å². The molecule has 1 fully saturated rings. The van der Waals surface area contributed by atoms with E-state index in [9.17, 15) is 5.26 Å². The molecule has 0 spiro atoms. The van der Waals surface area contributed by atoms with E-state index in [2.05, 4.69) is 26.9 Å². The summed E-state index contributed by atoms with van der Waals surface area (Å²) in [4.78, 5) is 2.12. The van der Waals surface area contributed by atoms with Gasteiger partial charge in [0, 0.05) is 31.3 Å². The summed E-state index contributed by atoms with van der Waals surface area (Å²) >= 11 is 3.48. The average molecular weight is 367 g/mol. The van der Waals surface area contributed by atoms with E-state index in [-0.39, 0.29) is 0 Å². The maximum absolute atomic E-state index is 9.37. The van der Waals surface area contributed by atoms with E-state index in [4.69, 9.17) is 14.2 Å². The largest absolute Gasteiger partial charge is 0.493 e. The van der Waals surface area contributed by atoms with Gasteiger partial charge in [-0.1, -0.05) is 0 Å². The molecule has 0 amide bonds. The Morgan fingerprint density at radius 2 is 2.09 bits per heavy atom. The number of allylic oxidation sites excluding steroid dienone is 1. The normalized spacial score (nSPS) is 15.4. The smallest absolute Gasteiger partial charge is 0.174 e. The molecule has 1 aromatic carbocycles. The van der Waals surface area contributed by atoms with Gasteiger partial charge >= 0.3 is 0 Å². The minimum absolute atomic E-state index is 0.548. The highest BCUT2D eigenvalue weighted by molar-refractivity contribution is 9.10. The molecule has 1 aliphatic heterocycles. The van der Waals surface area contributed by atoms with Crippen molar-refractivity contribution in [2.75, 3.05) is 40.5 Å². The van der Waals surface area contributed by atoms with Crippen LogP contribution in [0, 0.1) is 11.3 Å². The molecule has 1 heterocycles. The highest BCUT2D eigenvalue weighted by atomic mass is 79.9. The van der Waals surface area contributed by atoms with Gasteiger partial charge in [0.25, 0.3) is 0 Å². The summed E-state index contributed by atoms with van der Waals surface area (Å²) in [5.74, 6) is 1.30. The Bertz CT molecular complexity index is 590. The SMILES string of the molecule is COc1cc(C/C(C#N)=C/N2CCOCC2)cc(Br)c1OC. The number of morpholine rings is 1. The Morgan fingerprint density at radius 1 is 1.36 bits per heavy atom. The van der Waals surface area contributed by atoms with Gasteiger partial charge in [-0.25, -0.2) is 0 Å². The van der Waals surface area contributed by atoms with Crippen molar-refractivity contribution in [3.8, 4) is 17.6 Å². The highest BCUT2D eigenvalue weighted by Crippen LogP contribution is 2.36. The van der Waals surface area contributed by atoms with Crippen LogP contribution in [0.2, 0.25) is 0 Å². The molecule has 2 rings (SSSR count). The standard InChI is InChI=1S/C16H19BrN2O3/c1-20-15-9-12(8-14(17)16(15)21-2)7-13(10-18)11-19-3-5-22-6-4-19/h8-9,11H,3-7H2,1-2H3/b13-11-. The number of nitrogens with zero attached hydrogens (tertiary/aromatic N) is 2. The van der Waals surface area contributed by atoms with Gasteiger partial charge in [0.2, 0.25) is 0 Å². The summed E-state index contributed by atoms with van der Waals surface area (Å²) in [6, 6.07) is 6.12. The van der Waals surface area contributed by atoms with Gasteiger partial charge in [0.1, 0.15) is 0 Å². The fourth-order valence-corrected chi connectivity index (χ4v) is 2.99. The number of methoxy groups -OCH3 is 2. The molecule has 0 N–H and O–H groups in total. The lowest BCUT2D eigenvalue weighted by molar-refractivity contribution is 0.0591. The van der Waals surface area contributed by atoms with Crippen molar-refractivity contribution >= 4 is 15.9 Å². The van der Waals surface area contributed by atoms with Crippen LogP contribution < -0.4 is 9.47 Å². The van der Waals surface area contributed by atoms with Crippen molar-refractivity contribution in [2.24, 2.45) is 0 Å². The molecule has 1 aliphatic rings. The molecule has 22 heavy (non-hydrogen) atoms. The first kappa shape index (κ1) is 16.7. The zero-order valence-electron chi connectivity index (χ0n) is 12.8. The van der Waals surface area contributed by atoms with Gasteiger partial charge in [0.05, 0.1) is 38.0 Å². The lowest BCUT2D eigenvalue weighted by atomic mass is 10.1. The first-order valence-electron chi connectivity index (χ1n) is 7.01. The molecule has 0 saturated carbocycles. The van der Waals surface area contributed by atoms with Crippen LogP contribution >= 0.6 is 15.9 Å². The van der Waals surface area contributed by atoms with Crippen LogP contribution in [0.5, 0.6) is 11.5 Å². The summed E-state index contributed by atoms with van der Waals surface area (Å²) in [7, 11) is 3.20. The number of ether oxygens (including phenoxy) is 3. The van der Waals surface area contributed by atoms with Crippen molar-refractivity contribution < 1.29 is 14.2 Å². The first-order valence-corrected chi connectivity index (χ1v) is 7.80. The topological polar surface area (TPSA) is 54.7 Å². The van der Waals surface area contributed by atoms with Crippen LogP contribution in [0.3, 0.4) is 0 Å². The maximum Gasteiger partial charge on any atom is 0.174 e. The Hall–Kier alpha value is -1.71. The molecular formula is C16H19BrN2O3. The van der Waals surface area contributed by atoms with Crippen LogP contribution in [0.4, 0.5) is 0 Å². The van der Waals surface area contributed by atoms with Crippen molar-refractivity contribution in [3.63, 3.8) is 0 Å². The zero-order valence-corrected chi connectivity index (χ0v) is 14.4. The molecule has 0 aromatic heterocycles. The first-order chi connectivity index (χ1) is 10.7. The Morgan fingerprint density at radius 3 is 2.68 bits per heavy atom. The molecule has 0 aliphatic carbocycles. The maximum atomic E-state index is 9.37. The minimum Gasteiger partial charge on any atom is -0.493 e. The van der Waals surface area contributed by atoms with E-state index in [1.807, 2.05) is 18.3 Å². The number of benzene rings is 1. The van der Waals surface area contributed by atoms with Crippen molar-refractivity contribution in [2.45, 2.75) is 6.42 Å². The molecule has 6 heteroatoms. The van der Waals surface area contributed by atoms with E-state index in [0.29, 0.717) is 36.7 Å². The Balaban J connectivity index is 2.19. The van der Waals surface area contributed by atoms with E-state index in [1.54, 1.807) is 14.2 Å². The van der Waals surface area contributed by atoms with Gasteiger partial charge in [0.15, 0.2) is 11.5 Å². The molecular weight excluding hydrogens is 348 g/mol. The van der Waals surface area contributed by atoms with Gasteiger partial charge in [-0.2, -0.15) is 5.26 Å². The fraction of sp³-hybridized carbons (Fsp3) is 0.438. The summed E-state index contributed by atoms with van der Waals surface area (Å²) in [6.45, 7) is 3.05. The highest BCUT2D eigenvalue weighted by Gasteiger charge is 2.13. The van der Waals surface area contributed by atoms with Crippen molar-refractivity contribution in [1.82, 2.24) is 4.90 Å². The third-order valence-electron chi connectivity index (χ3n) is 3.42. The van der Waals surface area contributed by atoms with E-state index in [1.165, 1.54) is 0 Å². The molecule has 1 saturated heterocycles. The van der Waals surface area contributed by atoms with Crippen LogP contribution in [-0.4, -0.2) is 45.4 Å². The van der Waals surface area contributed by atoms with Crippen LogP contribution in [0.25, 0.3) is 0 Å². The number of hydrogen-bond donors (Lipinski definition) is 0. The van der Waals surface area contributed by atoms with E-state index in [0.717, 1.165) is 23.1 Å². The Labute approximate surface area is 139 Å². The predicted molar refractivity (Wildman–Crippen MR) is 87.0 cm³/mol. The Kier molecular flexibility index (Phi) is 6.10. The van der Waals surface area contributed by atoms with Crippen LogP contribution in [0.15, 0.2) is 28.4 Å². The minimum atomic E-state index is 0.548. The second kappa shape index (κ2) is 8.06. The van der Waals surface area contributed by atoms with Crippen molar-refractivity contribution in [3.05, 3.63) is 33.9 Å². The second-order valence-corrected chi connectivity index (χ2v) is 5.76. The third-order valence-corrected chi connectivity index (χ3v) is 4.00. The number of nitriles is 1. The summed E-state index contributed by atoms with van der Waals surface area (Å²) < 4.78 is 16.8. The lowest BCUT2D eigenvalue weighted by Gasteiger charge is -2.25. The number of hydrogen-bond acceptors (Lipinski definition) is 5. The molecule has 0 bridgehead atoms. The summed E-state index contributed by atoms with van der Waals surface area (Å²) in [6.07, 6.45) is 2.47. The monoisotopic (exact) mass is 366 g/mol. The van der Waals surface area contributed by atoms with Crippen LogP contribution in [-0.2, 0) is 11.2 Å². The van der Waals surface area contributed by atoms with Gasteiger partial charge in [-0.05, 0) is 33.6 Å². The van der Waals surface area contributed by atoms with Gasteiger partial charge in [-0.15, -0.1) is 0 Å².